The van der Waals surface area contributed by atoms with Crippen LogP contribution in [0.25, 0.3) is 11.3 Å². The summed E-state index contributed by atoms with van der Waals surface area (Å²) in [5, 5.41) is 4.67. The number of aromatic nitrogens is 2. The molecular formula is C17H21N3O3. The highest BCUT2D eigenvalue weighted by molar-refractivity contribution is 5.95. The van der Waals surface area contributed by atoms with Gasteiger partial charge in [0.05, 0.1) is 18.9 Å². The molecule has 4 rings (SSSR count). The van der Waals surface area contributed by atoms with E-state index in [0.717, 1.165) is 42.0 Å². The average Bonchev–Trinajstić information content (AvgIpc) is 3.15. The number of carbonyl (C=O) groups is 1. The molecule has 0 unspecified atom stereocenters. The van der Waals surface area contributed by atoms with Gasteiger partial charge in [-0.15, -0.1) is 0 Å². The Hall–Kier alpha value is -2.08. The molecule has 0 N–H and O–H groups in total. The van der Waals surface area contributed by atoms with Gasteiger partial charge in [-0.25, -0.2) is 0 Å². The Bertz CT molecular complexity index is 753. The van der Waals surface area contributed by atoms with Crippen molar-refractivity contribution in [2.75, 3.05) is 26.3 Å². The number of aryl methyl sites for hydroxylation is 3. The second kappa shape index (κ2) is 5.53. The zero-order chi connectivity index (χ0) is 16.0. The zero-order valence-electron chi connectivity index (χ0n) is 13.6. The van der Waals surface area contributed by atoms with Crippen LogP contribution in [-0.4, -0.2) is 46.9 Å². The van der Waals surface area contributed by atoms with Crippen molar-refractivity contribution >= 4 is 5.91 Å². The number of nitrogens with zero attached hydrogens (tertiary/aromatic N) is 3. The molecule has 0 bridgehead atoms. The minimum Gasteiger partial charge on any atom is -0.455 e. The van der Waals surface area contributed by atoms with Gasteiger partial charge in [-0.2, -0.15) is 5.10 Å². The summed E-state index contributed by atoms with van der Waals surface area (Å²) in [6, 6.07) is 0. The van der Waals surface area contributed by atoms with E-state index in [0.29, 0.717) is 32.1 Å². The summed E-state index contributed by atoms with van der Waals surface area (Å²) in [5.74, 6) is 1.33. The van der Waals surface area contributed by atoms with E-state index in [1.54, 1.807) is 0 Å². The lowest BCUT2D eigenvalue weighted by molar-refractivity contribution is 0.0281. The lowest BCUT2D eigenvalue weighted by atomic mass is 9.93. The van der Waals surface area contributed by atoms with E-state index >= 15 is 0 Å². The first-order valence-corrected chi connectivity index (χ1v) is 8.25. The molecule has 1 amide bonds. The first-order chi connectivity index (χ1) is 11.2. The SMILES string of the molecule is CCn1cc2c(n1)-c1c(oc(C(=O)N3CCOCC3)c1C)CC2. The third-order valence-corrected chi connectivity index (χ3v) is 4.73. The Balaban J connectivity index is 1.73. The number of fused-ring (bicyclic) bond motifs is 3. The van der Waals surface area contributed by atoms with Crippen LogP contribution in [0.15, 0.2) is 10.6 Å². The van der Waals surface area contributed by atoms with Crippen LogP contribution >= 0.6 is 0 Å². The van der Waals surface area contributed by atoms with Crippen LogP contribution in [0.1, 0.15) is 34.4 Å². The fourth-order valence-corrected chi connectivity index (χ4v) is 3.44. The Morgan fingerprint density at radius 3 is 2.83 bits per heavy atom. The molecule has 1 fully saturated rings. The fraction of sp³-hybridized carbons (Fsp3) is 0.529. The summed E-state index contributed by atoms with van der Waals surface area (Å²) in [6.45, 7) is 7.33. The Kier molecular flexibility index (Phi) is 3.49. The Morgan fingerprint density at radius 2 is 2.09 bits per heavy atom. The molecule has 122 valence electrons. The maximum absolute atomic E-state index is 12.8. The molecule has 0 saturated carbocycles. The summed E-state index contributed by atoms with van der Waals surface area (Å²) in [6.07, 6.45) is 3.85. The molecule has 2 aromatic heterocycles. The summed E-state index contributed by atoms with van der Waals surface area (Å²) < 4.78 is 13.2. The number of carbonyl (C=O) groups excluding carboxylic acids is 1. The monoisotopic (exact) mass is 315 g/mol. The van der Waals surface area contributed by atoms with Crippen LogP contribution in [-0.2, 0) is 24.1 Å². The number of hydrogen-bond acceptors (Lipinski definition) is 4. The van der Waals surface area contributed by atoms with Gasteiger partial charge in [-0.1, -0.05) is 0 Å². The second-order valence-electron chi connectivity index (χ2n) is 6.12. The molecule has 23 heavy (non-hydrogen) atoms. The van der Waals surface area contributed by atoms with Crippen molar-refractivity contribution in [1.82, 2.24) is 14.7 Å². The minimum absolute atomic E-state index is 0.0309. The topological polar surface area (TPSA) is 60.5 Å². The van der Waals surface area contributed by atoms with Crippen LogP contribution in [0.2, 0.25) is 0 Å². The summed E-state index contributed by atoms with van der Waals surface area (Å²) in [4.78, 5) is 14.6. The molecule has 1 aliphatic carbocycles. The minimum atomic E-state index is -0.0309. The van der Waals surface area contributed by atoms with E-state index in [1.807, 2.05) is 16.5 Å². The Labute approximate surface area is 135 Å². The van der Waals surface area contributed by atoms with Crippen molar-refractivity contribution in [3.05, 3.63) is 28.8 Å². The number of morpholine rings is 1. The van der Waals surface area contributed by atoms with E-state index in [2.05, 4.69) is 18.2 Å². The van der Waals surface area contributed by atoms with E-state index in [-0.39, 0.29) is 5.91 Å². The van der Waals surface area contributed by atoms with E-state index in [1.165, 1.54) is 5.56 Å². The molecule has 1 aliphatic heterocycles. The van der Waals surface area contributed by atoms with Crippen LogP contribution < -0.4 is 0 Å². The second-order valence-corrected chi connectivity index (χ2v) is 6.12. The molecule has 6 heteroatoms. The van der Waals surface area contributed by atoms with E-state index in [4.69, 9.17) is 9.15 Å². The molecule has 0 atom stereocenters. The third-order valence-electron chi connectivity index (χ3n) is 4.73. The van der Waals surface area contributed by atoms with Gasteiger partial charge in [0.1, 0.15) is 5.76 Å². The standard InChI is InChI=1S/C17H21N3O3/c1-3-20-10-12-4-5-13-14(15(12)18-20)11(2)16(23-13)17(21)19-6-8-22-9-7-19/h10H,3-9H2,1-2H3. The molecule has 2 aliphatic rings. The van der Waals surface area contributed by atoms with Gasteiger partial charge in [0.2, 0.25) is 0 Å². The van der Waals surface area contributed by atoms with Crippen molar-refractivity contribution < 1.29 is 13.9 Å². The maximum atomic E-state index is 12.8. The summed E-state index contributed by atoms with van der Waals surface area (Å²) in [5.41, 5.74) is 4.16. The number of ether oxygens (including phenoxy) is 1. The number of hydrogen-bond donors (Lipinski definition) is 0. The lowest BCUT2D eigenvalue weighted by Crippen LogP contribution is -2.40. The smallest absolute Gasteiger partial charge is 0.290 e. The summed E-state index contributed by atoms with van der Waals surface area (Å²) >= 11 is 0. The van der Waals surface area contributed by atoms with Gasteiger partial charge in [0, 0.05) is 43.4 Å². The van der Waals surface area contributed by atoms with Gasteiger partial charge in [-0.05, 0) is 25.8 Å². The van der Waals surface area contributed by atoms with Crippen molar-refractivity contribution in [1.29, 1.82) is 0 Å². The quantitative estimate of drug-likeness (QED) is 0.851. The van der Waals surface area contributed by atoms with Crippen LogP contribution in [0.4, 0.5) is 0 Å². The van der Waals surface area contributed by atoms with Crippen LogP contribution in [0, 0.1) is 6.92 Å². The molecule has 2 aromatic rings. The van der Waals surface area contributed by atoms with E-state index in [9.17, 15) is 4.79 Å². The number of furan rings is 1. The van der Waals surface area contributed by atoms with Gasteiger partial charge >= 0.3 is 0 Å². The molecule has 0 spiro atoms. The highest BCUT2D eigenvalue weighted by atomic mass is 16.5. The van der Waals surface area contributed by atoms with Gasteiger partial charge in [0.25, 0.3) is 5.91 Å². The largest absolute Gasteiger partial charge is 0.455 e. The van der Waals surface area contributed by atoms with E-state index < -0.39 is 0 Å². The predicted octanol–water partition coefficient (Wildman–Crippen LogP) is 2.04. The molecular weight excluding hydrogens is 294 g/mol. The van der Waals surface area contributed by atoms with Crippen molar-refractivity contribution in [3.8, 4) is 11.3 Å². The lowest BCUT2D eigenvalue weighted by Gasteiger charge is -2.26. The summed E-state index contributed by atoms with van der Waals surface area (Å²) in [7, 11) is 0. The highest BCUT2D eigenvalue weighted by Crippen LogP contribution is 2.38. The van der Waals surface area contributed by atoms with Crippen molar-refractivity contribution in [2.45, 2.75) is 33.2 Å². The predicted molar refractivity (Wildman–Crippen MR) is 84.5 cm³/mol. The first-order valence-electron chi connectivity index (χ1n) is 8.25. The van der Waals surface area contributed by atoms with Gasteiger partial charge in [0.15, 0.2) is 5.76 Å². The molecule has 0 aromatic carbocycles. The molecule has 6 nitrogen and oxygen atoms in total. The molecule has 3 heterocycles. The van der Waals surface area contributed by atoms with Gasteiger partial charge < -0.3 is 14.1 Å². The van der Waals surface area contributed by atoms with Crippen LogP contribution in [0.3, 0.4) is 0 Å². The molecule has 0 radical (unpaired) electrons. The zero-order valence-corrected chi connectivity index (χ0v) is 13.6. The molecule has 1 saturated heterocycles. The Morgan fingerprint density at radius 1 is 1.30 bits per heavy atom. The average molecular weight is 315 g/mol. The third kappa shape index (κ3) is 2.28. The van der Waals surface area contributed by atoms with Crippen LogP contribution in [0.5, 0.6) is 0 Å². The normalized spacial score (nSPS) is 17.0. The highest BCUT2D eigenvalue weighted by Gasteiger charge is 2.31. The van der Waals surface area contributed by atoms with Crippen molar-refractivity contribution in [3.63, 3.8) is 0 Å². The number of amides is 1. The fourth-order valence-electron chi connectivity index (χ4n) is 3.44. The number of rotatable bonds is 2. The van der Waals surface area contributed by atoms with Crippen molar-refractivity contribution in [2.24, 2.45) is 0 Å². The maximum Gasteiger partial charge on any atom is 0.290 e. The first kappa shape index (κ1) is 14.5. The van der Waals surface area contributed by atoms with Gasteiger partial charge in [-0.3, -0.25) is 9.48 Å².